The third kappa shape index (κ3) is 5.49. The van der Waals surface area contributed by atoms with Crippen molar-refractivity contribution in [2.45, 2.75) is 38.3 Å². The molecule has 3 heterocycles. The molecule has 1 fully saturated rings. The Morgan fingerprint density at radius 3 is 2.46 bits per heavy atom. The molecule has 0 unspecified atom stereocenters. The number of ether oxygens (including phenoxy) is 1. The van der Waals surface area contributed by atoms with E-state index >= 15 is 0 Å². The molecule has 0 spiro atoms. The third-order valence-corrected chi connectivity index (χ3v) is 6.91. The maximum Gasteiger partial charge on any atom is 0.369 e. The van der Waals surface area contributed by atoms with Gasteiger partial charge in [0.25, 0.3) is 5.91 Å². The number of nitrogens with one attached hydrogen (secondary N) is 1. The van der Waals surface area contributed by atoms with Gasteiger partial charge in [0.1, 0.15) is 5.75 Å². The summed E-state index contributed by atoms with van der Waals surface area (Å²) in [6, 6.07) is 13.6. The van der Waals surface area contributed by atoms with Crippen molar-refractivity contribution in [2.24, 2.45) is 0 Å². The van der Waals surface area contributed by atoms with E-state index in [1.807, 2.05) is 38.1 Å². The first-order valence-electron chi connectivity index (χ1n) is 12.5. The molecule has 0 bridgehead atoms. The molecule has 2 aliphatic rings. The van der Waals surface area contributed by atoms with Crippen molar-refractivity contribution < 1.29 is 29.3 Å². The molecule has 6 rings (SSSR count). The molecule has 2 aromatic heterocycles. The zero-order valence-corrected chi connectivity index (χ0v) is 21.9. The molecule has 2 aromatic carbocycles. The second-order valence-corrected chi connectivity index (χ2v) is 9.69. The van der Waals surface area contributed by atoms with Crippen molar-refractivity contribution in [1.29, 1.82) is 0 Å². The predicted molar refractivity (Wildman–Crippen MR) is 143 cm³/mol. The zero-order chi connectivity index (χ0) is 27.8. The minimum Gasteiger partial charge on any atom is -0.497 e. The molecule has 202 valence electrons. The van der Waals surface area contributed by atoms with E-state index in [-0.39, 0.29) is 5.91 Å². The first-order valence-corrected chi connectivity index (χ1v) is 12.5. The van der Waals surface area contributed by atoms with Crippen LogP contribution < -0.4 is 10.1 Å². The lowest BCUT2D eigenvalue weighted by atomic mass is 9.95. The van der Waals surface area contributed by atoms with E-state index in [2.05, 4.69) is 27.4 Å². The van der Waals surface area contributed by atoms with Crippen LogP contribution in [0.15, 0.2) is 71.6 Å². The lowest BCUT2D eigenvalue weighted by Crippen LogP contribution is -2.48. The van der Waals surface area contributed by atoms with Gasteiger partial charge in [0, 0.05) is 42.4 Å². The van der Waals surface area contributed by atoms with Crippen LogP contribution in [0.2, 0.25) is 0 Å². The first-order chi connectivity index (χ1) is 18.6. The van der Waals surface area contributed by atoms with Crippen LogP contribution in [-0.4, -0.2) is 55.8 Å². The van der Waals surface area contributed by atoms with Gasteiger partial charge < -0.3 is 29.8 Å². The number of nitrogens with zero attached hydrogens (tertiary/aromatic N) is 3. The van der Waals surface area contributed by atoms with E-state index < -0.39 is 11.6 Å². The van der Waals surface area contributed by atoms with Gasteiger partial charge in [0.05, 0.1) is 24.4 Å². The Bertz CT molecular complexity index is 1550. The number of hydrogen-bond donors (Lipinski definition) is 4. The number of aliphatic hydroxyl groups is 3. The SMILES string of the molecule is COc1ccc(C)c(C(=O)NC2(c3cc(-c4cnc(C)o4)cc4ncccc34)CC2)c1.OC(O)(O)N1C=CC1. The van der Waals surface area contributed by atoms with Gasteiger partial charge in [0.15, 0.2) is 11.7 Å². The normalized spacial score (nSPS) is 15.3. The summed E-state index contributed by atoms with van der Waals surface area (Å²) in [6.07, 6.45) is 5.65. The lowest BCUT2D eigenvalue weighted by molar-refractivity contribution is -0.383. The van der Waals surface area contributed by atoms with Gasteiger partial charge in [-0.3, -0.25) is 14.7 Å². The Kier molecular flexibility index (Phi) is 6.85. The highest BCUT2D eigenvalue weighted by atomic mass is 16.7. The molecule has 39 heavy (non-hydrogen) atoms. The Labute approximate surface area is 225 Å². The van der Waals surface area contributed by atoms with Crippen LogP contribution in [-0.2, 0) is 5.54 Å². The number of hydrogen-bond acceptors (Lipinski definition) is 9. The summed E-state index contributed by atoms with van der Waals surface area (Å²) in [7, 11) is 1.60. The summed E-state index contributed by atoms with van der Waals surface area (Å²) in [5.74, 6) is 1.86. The van der Waals surface area contributed by atoms with Crippen LogP contribution in [0, 0.1) is 13.8 Å². The molecule has 0 radical (unpaired) electrons. The average Bonchev–Trinajstić information content (AvgIpc) is 3.51. The number of methoxy groups -OCH3 is 1. The van der Waals surface area contributed by atoms with Crippen LogP contribution >= 0.6 is 0 Å². The Morgan fingerprint density at radius 2 is 1.90 bits per heavy atom. The van der Waals surface area contributed by atoms with E-state index in [1.54, 1.807) is 31.6 Å². The standard InChI is InChI=1S/C25H23N3O3.C4H7NO3/c1-15-6-7-18(30-3)13-20(15)24(29)28-25(8-9-25)21-11-17(23-14-27-16(2)31-23)12-22-19(21)5-4-10-26-22;6-4(7,8)5-2-1-3-5/h4-7,10-14H,8-9H2,1-3H3,(H,28,29);1-2,6-8H,3H2. The molecule has 1 aliphatic heterocycles. The van der Waals surface area contributed by atoms with Crippen LogP contribution in [0.5, 0.6) is 5.75 Å². The highest BCUT2D eigenvalue weighted by molar-refractivity contribution is 5.98. The molecular weight excluding hydrogens is 500 g/mol. The Morgan fingerprint density at radius 1 is 1.13 bits per heavy atom. The molecule has 10 nitrogen and oxygen atoms in total. The topological polar surface area (TPSA) is 141 Å². The van der Waals surface area contributed by atoms with Gasteiger partial charge in [-0.2, -0.15) is 0 Å². The van der Waals surface area contributed by atoms with Crippen molar-refractivity contribution >= 4 is 16.8 Å². The summed E-state index contributed by atoms with van der Waals surface area (Å²) in [5, 5.41) is 29.3. The smallest absolute Gasteiger partial charge is 0.369 e. The number of carbonyl (C=O) groups excluding carboxylic acids is 1. The minimum absolute atomic E-state index is 0.105. The van der Waals surface area contributed by atoms with Crippen LogP contribution in [0.4, 0.5) is 0 Å². The third-order valence-electron chi connectivity index (χ3n) is 6.91. The fraction of sp³-hybridized carbons (Fsp3) is 0.276. The minimum atomic E-state index is -2.66. The van der Waals surface area contributed by atoms with E-state index in [9.17, 15) is 4.79 Å². The Balaban J connectivity index is 0.000000332. The zero-order valence-electron chi connectivity index (χ0n) is 21.9. The van der Waals surface area contributed by atoms with Crippen LogP contribution in [0.25, 0.3) is 22.2 Å². The average molecular weight is 531 g/mol. The van der Waals surface area contributed by atoms with Crippen molar-refractivity contribution in [3.63, 3.8) is 0 Å². The fourth-order valence-corrected chi connectivity index (χ4v) is 4.49. The predicted octanol–water partition coefficient (Wildman–Crippen LogP) is 3.34. The molecule has 1 saturated carbocycles. The largest absolute Gasteiger partial charge is 0.497 e. The lowest BCUT2D eigenvalue weighted by Gasteiger charge is -2.32. The number of amides is 1. The Hall–Kier alpha value is -4.25. The van der Waals surface area contributed by atoms with Crippen molar-refractivity contribution in [2.75, 3.05) is 13.7 Å². The molecule has 10 heteroatoms. The van der Waals surface area contributed by atoms with Crippen molar-refractivity contribution in [1.82, 2.24) is 20.2 Å². The summed E-state index contributed by atoms with van der Waals surface area (Å²) < 4.78 is 11.1. The second kappa shape index (κ2) is 10.1. The van der Waals surface area contributed by atoms with Crippen molar-refractivity contribution in [3.05, 3.63) is 89.7 Å². The molecule has 4 N–H and O–H groups in total. The van der Waals surface area contributed by atoms with Crippen LogP contribution in [0.3, 0.4) is 0 Å². The molecule has 0 saturated heterocycles. The highest BCUT2D eigenvalue weighted by Crippen LogP contribution is 2.49. The summed E-state index contributed by atoms with van der Waals surface area (Å²) in [5.41, 5.74) is 3.92. The van der Waals surface area contributed by atoms with Gasteiger partial charge in [-0.1, -0.05) is 12.1 Å². The number of carbonyl (C=O) groups is 1. The van der Waals surface area contributed by atoms with Gasteiger partial charge >= 0.3 is 6.10 Å². The van der Waals surface area contributed by atoms with Gasteiger partial charge in [-0.15, -0.1) is 0 Å². The molecule has 1 amide bonds. The molecule has 0 atom stereocenters. The van der Waals surface area contributed by atoms with E-state index in [4.69, 9.17) is 24.5 Å². The van der Waals surface area contributed by atoms with Crippen LogP contribution in [0.1, 0.15) is 40.2 Å². The summed E-state index contributed by atoms with van der Waals surface area (Å²) in [4.78, 5) is 23.0. The van der Waals surface area contributed by atoms with E-state index in [0.717, 1.165) is 45.3 Å². The molecular formula is C29H30N4O6. The summed E-state index contributed by atoms with van der Waals surface area (Å²) >= 11 is 0. The molecule has 1 aliphatic carbocycles. The maximum atomic E-state index is 13.2. The monoisotopic (exact) mass is 530 g/mol. The number of rotatable bonds is 6. The molecule has 4 aromatic rings. The maximum absolute atomic E-state index is 13.2. The van der Waals surface area contributed by atoms with Gasteiger partial charge in [0.2, 0.25) is 0 Å². The number of fused-ring (bicyclic) bond motifs is 1. The number of benzene rings is 2. The number of pyridine rings is 1. The second-order valence-electron chi connectivity index (χ2n) is 9.69. The quantitative estimate of drug-likeness (QED) is 0.276. The van der Waals surface area contributed by atoms with E-state index in [1.165, 1.54) is 6.20 Å². The van der Waals surface area contributed by atoms with Gasteiger partial charge in [-0.05, 0) is 67.3 Å². The first kappa shape index (κ1) is 26.4. The van der Waals surface area contributed by atoms with E-state index in [0.29, 0.717) is 29.5 Å². The fourth-order valence-electron chi connectivity index (χ4n) is 4.49. The highest BCUT2D eigenvalue weighted by Gasteiger charge is 2.47. The number of oxazole rings is 1. The number of aryl methyl sites for hydroxylation is 2. The van der Waals surface area contributed by atoms with Gasteiger partial charge in [-0.25, -0.2) is 4.98 Å². The summed E-state index contributed by atoms with van der Waals surface area (Å²) in [6.45, 7) is 4.13. The van der Waals surface area contributed by atoms with Crippen molar-refractivity contribution in [3.8, 4) is 17.1 Å². The number of aromatic nitrogens is 2.